The molecule has 1 amide bonds. The molecule has 2 fully saturated rings. The zero-order valence-electron chi connectivity index (χ0n) is 12.1. The first-order valence-electron chi connectivity index (χ1n) is 7.65. The van der Waals surface area contributed by atoms with E-state index >= 15 is 0 Å². The van der Waals surface area contributed by atoms with E-state index in [0.717, 1.165) is 0 Å². The van der Waals surface area contributed by atoms with Gasteiger partial charge in [0.05, 0.1) is 5.54 Å². The fourth-order valence-electron chi connectivity index (χ4n) is 3.24. The van der Waals surface area contributed by atoms with Gasteiger partial charge in [-0.3, -0.25) is 4.79 Å². The molecule has 0 radical (unpaired) electrons. The van der Waals surface area contributed by atoms with Crippen molar-refractivity contribution < 1.29 is 4.79 Å². The van der Waals surface area contributed by atoms with Crippen molar-refractivity contribution in [3.05, 3.63) is 0 Å². The molecule has 0 aliphatic heterocycles. The molecule has 0 bridgehead atoms. The highest BCUT2D eigenvalue weighted by Gasteiger charge is 2.41. The highest BCUT2D eigenvalue weighted by Crippen LogP contribution is 2.39. The molecule has 2 aliphatic rings. The molecule has 1 atom stereocenters. The van der Waals surface area contributed by atoms with Crippen molar-refractivity contribution in [2.45, 2.75) is 70.3 Å². The van der Waals surface area contributed by atoms with Crippen LogP contribution in [0.5, 0.6) is 0 Å². The molecule has 0 aromatic carbocycles. The molecular formula is C15H29ClN2O. The highest BCUT2D eigenvalue weighted by atomic mass is 35.5. The summed E-state index contributed by atoms with van der Waals surface area (Å²) in [6.07, 6.45) is 10.9. The number of hydrogen-bond acceptors (Lipinski definition) is 2. The lowest BCUT2D eigenvalue weighted by Gasteiger charge is -2.30. The molecule has 19 heavy (non-hydrogen) atoms. The lowest BCUT2D eigenvalue weighted by atomic mass is 9.93. The number of carbonyl (C=O) groups excluding carboxylic acids is 1. The normalized spacial score (nSPS) is 23.9. The van der Waals surface area contributed by atoms with E-state index in [0.29, 0.717) is 24.8 Å². The number of carbonyl (C=O) groups is 1. The minimum atomic E-state index is -0.151. The standard InChI is InChI=1S/C15H28N2O.ClH/c1-15(11-16,13-8-9-13)17-14(18)10-12-6-4-2-3-5-7-12;/h12-13H,2-11,16H2,1H3,(H,17,18);1H. The average Bonchev–Trinajstić information content (AvgIpc) is 3.16. The summed E-state index contributed by atoms with van der Waals surface area (Å²) < 4.78 is 0. The van der Waals surface area contributed by atoms with Crippen molar-refractivity contribution in [2.75, 3.05) is 6.54 Å². The largest absolute Gasteiger partial charge is 0.349 e. The number of hydrogen-bond donors (Lipinski definition) is 2. The molecule has 0 aromatic rings. The highest BCUT2D eigenvalue weighted by molar-refractivity contribution is 5.85. The van der Waals surface area contributed by atoms with Crippen LogP contribution in [0.1, 0.15) is 64.7 Å². The van der Waals surface area contributed by atoms with Crippen molar-refractivity contribution in [1.82, 2.24) is 5.32 Å². The molecule has 2 rings (SSSR count). The van der Waals surface area contributed by atoms with Gasteiger partial charge in [0.15, 0.2) is 0 Å². The minimum absolute atomic E-state index is 0. The van der Waals surface area contributed by atoms with Crippen LogP contribution in [0.4, 0.5) is 0 Å². The van der Waals surface area contributed by atoms with Gasteiger partial charge in [-0.25, -0.2) is 0 Å². The first-order valence-corrected chi connectivity index (χ1v) is 7.65. The zero-order valence-corrected chi connectivity index (χ0v) is 12.9. The second-order valence-corrected chi connectivity index (χ2v) is 6.51. The Morgan fingerprint density at radius 3 is 2.21 bits per heavy atom. The van der Waals surface area contributed by atoms with Crippen LogP contribution in [0, 0.1) is 11.8 Å². The SMILES string of the molecule is CC(CN)(NC(=O)CC1CCCCCC1)C1CC1.Cl. The molecule has 0 spiro atoms. The maximum atomic E-state index is 12.2. The topological polar surface area (TPSA) is 55.1 Å². The quantitative estimate of drug-likeness (QED) is 0.764. The van der Waals surface area contributed by atoms with Gasteiger partial charge >= 0.3 is 0 Å². The van der Waals surface area contributed by atoms with Crippen molar-refractivity contribution in [3.8, 4) is 0 Å². The third-order valence-corrected chi connectivity index (χ3v) is 4.78. The Hall–Kier alpha value is -0.280. The van der Waals surface area contributed by atoms with Crippen molar-refractivity contribution in [3.63, 3.8) is 0 Å². The van der Waals surface area contributed by atoms with Crippen LogP contribution in [0.3, 0.4) is 0 Å². The summed E-state index contributed by atoms with van der Waals surface area (Å²) in [5, 5.41) is 3.21. The van der Waals surface area contributed by atoms with Gasteiger partial charge in [-0.15, -0.1) is 12.4 Å². The van der Waals surface area contributed by atoms with Crippen LogP contribution in [0.25, 0.3) is 0 Å². The van der Waals surface area contributed by atoms with E-state index in [9.17, 15) is 4.79 Å². The summed E-state index contributed by atoms with van der Waals surface area (Å²) in [5.41, 5.74) is 5.69. The smallest absolute Gasteiger partial charge is 0.220 e. The van der Waals surface area contributed by atoms with E-state index in [1.165, 1.54) is 51.4 Å². The van der Waals surface area contributed by atoms with Crippen LogP contribution in [0.2, 0.25) is 0 Å². The summed E-state index contributed by atoms with van der Waals surface area (Å²) in [4.78, 5) is 12.2. The molecular weight excluding hydrogens is 260 g/mol. The summed E-state index contributed by atoms with van der Waals surface area (Å²) in [6, 6.07) is 0. The van der Waals surface area contributed by atoms with Crippen LogP contribution >= 0.6 is 12.4 Å². The molecule has 1 unspecified atom stereocenters. The monoisotopic (exact) mass is 288 g/mol. The first kappa shape index (κ1) is 16.8. The van der Waals surface area contributed by atoms with Crippen LogP contribution in [-0.4, -0.2) is 18.0 Å². The third kappa shape index (κ3) is 4.96. The Balaban J connectivity index is 0.00000180. The predicted molar refractivity (Wildman–Crippen MR) is 81.4 cm³/mol. The van der Waals surface area contributed by atoms with Gasteiger partial charge in [0.1, 0.15) is 0 Å². The summed E-state index contributed by atoms with van der Waals surface area (Å²) in [7, 11) is 0. The number of amides is 1. The molecule has 112 valence electrons. The minimum Gasteiger partial charge on any atom is -0.349 e. The van der Waals surface area contributed by atoms with E-state index in [1.54, 1.807) is 0 Å². The molecule has 2 aliphatic carbocycles. The van der Waals surface area contributed by atoms with E-state index in [4.69, 9.17) is 5.73 Å². The molecule has 0 heterocycles. The fourth-order valence-corrected chi connectivity index (χ4v) is 3.24. The third-order valence-electron chi connectivity index (χ3n) is 4.78. The van der Waals surface area contributed by atoms with Gasteiger partial charge in [0, 0.05) is 13.0 Å². The Labute approximate surface area is 123 Å². The Morgan fingerprint density at radius 1 is 1.16 bits per heavy atom. The predicted octanol–water partition coefficient (Wildman–Crippen LogP) is 3.01. The van der Waals surface area contributed by atoms with E-state index in [1.807, 2.05) is 0 Å². The number of nitrogens with two attached hydrogens (primary N) is 1. The maximum Gasteiger partial charge on any atom is 0.220 e. The molecule has 0 aromatic heterocycles. The molecule has 3 nitrogen and oxygen atoms in total. The second kappa shape index (κ2) is 7.49. The zero-order chi connectivity index (χ0) is 13.0. The van der Waals surface area contributed by atoms with Crippen LogP contribution < -0.4 is 11.1 Å². The van der Waals surface area contributed by atoms with Gasteiger partial charge in [0.2, 0.25) is 5.91 Å². The fraction of sp³-hybridized carbons (Fsp3) is 0.933. The molecule has 3 N–H and O–H groups in total. The molecule has 0 saturated heterocycles. The van der Waals surface area contributed by atoms with Crippen molar-refractivity contribution in [1.29, 1.82) is 0 Å². The summed E-state index contributed by atoms with van der Waals surface area (Å²) >= 11 is 0. The number of nitrogens with one attached hydrogen (secondary N) is 1. The Bertz CT molecular complexity index is 286. The van der Waals surface area contributed by atoms with E-state index < -0.39 is 0 Å². The van der Waals surface area contributed by atoms with E-state index in [-0.39, 0.29) is 23.9 Å². The lowest BCUT2D eigenvalue weighted by Crippen LogP contribution is -2.53. The average molecular weight is 289 g/mol. The van der Waals surface area contributed by atoms with Crippen molar-refractivity contribution in [2.24, 2.45) is 17.6 Å². The Kier molecular flexibility index (Phi) is 6.61. The summed E-state index contributed by atoms with van der Waals surface area (Å²) in [6.45, 7) is 2.67. The Morgan fingerprint density at radius 2 is 1.74 bits per heavy atom. The van der Waals surface area contributed by atoms with Gasteiger partial charge in [-0.2, -0.15) is 0 Å². The van der Waals surface area contributed by atoms with Crippen LogP contribution in [-0.2, 0) is 4.79 Å². The molecule has 4 heteroatoms. The lowest BCUT2D eigenvalue weighted by molar-refractivity contribution is -0.124. The second-order valence-electron chi connectivity index (χ2n) is 6.51. The maximum absolute atomic E-state index is 12.2. The van der Waals surface area contributed by atoms with Gasteiger partial charge in [-0.1, -0.05) is 25.7 Å². The van der Waals surface area contributed by atoms with Crippen molar-refractivity contribution >= 4 is 18.3 Å². The number of rotatable bonds is 5. The summed E-state index contributed by atoms with van der Waals surface area (Å²) in [5.74, 6) is 1.44. The van der Waals surface area contributed by atoms with Gasteiger partial charge < -0.3 is 11.1 Å². The van der Waals surface area contributed by atoms with Gasteiger partial charge in [0.25, 0.3) is 0 Å². The molecule has 2 saturated carbocycles. The first-order chi connectivity index (χ1) is 8.64. The van der Waals surface area contributed by atoms with E-state index in [2.05, 4.69) is 12.2 Å². The number of halogens is 1. The van der Waals surface area contributed by atoms with Gasteiger partial charge in [-0.05, 0) is 44.4 Å². The van der Waals surface area contributed by atoms with Crippen LogP contribution in [0.15, 0.2) is 0 Å².